The molecule has 9 heteroatoms. The Balaban J connectivity index is 1.39. The number of hydrogen-bond acceptors (Lipinski definition) is 5. The highest BCUT2D eigenvalue weighted by Gasteiger charge is 2.40. The molecule has 5 N–H and O–H groups in total. The average molecular weight is 536 g/mol. The maximum atomic E-state index is 14.0. The maximum Gasteiger partial charge on any atom is 0.271 e. The van der Waals surface area contributed by atoms with Crippen molar-refractivity contribution in [1.29, 1.82) is 0 Å². The summed E-state index contributed by atoms with van der Waals surface area (Å²) < 4.78 is 0. The Morgan fingerprint density at radius 2 is 1.92 bits per heavy atom. The number of carbonyl (C=O) groups is 2. The number of aromatic amines is 2. The van der Waals surface area contributed by atoms with Gasteiger partial charge in [0.05, 0.1) is 17.8 Å². The van der Waals surface area contributed by atoms with Crippen molar-refractivity contribution in [2.75, 3.05) is 0 Å². The number of amides is 2. The van der Waals surface area contributed by atoms with Crippen LogP contribution < -0.4 is 5.32 Å². The first kappa shape index (κ1) is 27.4. The second-order valence-corrected chi connectivity index (χ2v) is 11.8. The summed E-state index contributed by atoms with van der Waals surface area (Å²) in [5.41, 5.74) is 2.98. The predicted molar refractivity (Wildman–Crippen MR) is 149 cm³/mol. The van der Waals surface area contributed by atoms with Crippen LogP contribution in [0, 0.1) is 11.8 Å². The Labute approximate surface area is 229 Å². The number of aromatic nitrogens is 3. The smallest absolute Gasteiger partial charge is 0.271 e. The highest BCUT2D eigenvalue weighted by atomic mass is 16.3. The molecule has 5 rings (SSSR count). The van der Waals surface area contributed by atoms with Crippen LogP contribution in [0.3, 0.4) is 0 Å². The summed E-state index contributed by atoms with van der Waals surface area (Å²) in [7, 11) is 0. The Bertz CT molecular complexity index is 1260. The largest absolute Gasteiger partial charge is 0.390 e. The lowest BCUT2D eigenvalue weighted by molar-refractivity contribution is -0.128. The number of fused-ring (bicyclic) bond motifs is 3. The third-order valence-electron chi connectivity index (χ3n) is 8.42. The van der Waals surface area contributed by atoms with E-state index in [1.54, 1.807) is 17.2 Å². The van der Waals surface area contributed by atoms with Crippen LogP contribution in [0.4, 0.5) is 0 Å². The minimum Gasteiger partial charge on any atom is -0.390 e. The normalized spacial score (nSPS) is 19.3. The van der Waals surface area contributed by atoms with E-state index >= 15 is 0 Å². The molecule has 0 radical (unpaired) electrons. The quantitative estimate of drug-likeness (QED) is 0.255. The molecule has 4 atom stereocenters. The number of H-pyrrole nitrogens is 2. The summed E-state index contributed by atoms with van der Waals surface area (Å²) in [6.45, 7) is 4.32. The number of aliphatic hydroxyl groups is 2. The molecule has 0 unspecified atom stereocenters. The third kappa shape index (κ3) is 6.04. The molecule has 0 spiro atoms. The van der Waals surface area contributed by atoms with Gasteiger partial charge in [-0.05, 0) is 36.8 Å². The van der Waals surface area contributed by atoms with Gasteiger partial charge in [0, 0.05) is 35.6 Å². The standard InChI is InChI=1S/C30H41N5O4/c1-18(2)14-26(36)28(37)24(15-19-8-4-3-5-9-19)33-29(38)25(16-20-12-13-31-34-20)35-17-22-21-10-6-7-11-23(21)32-27(22)30(35)39/h6-7,10-13,18-19,24-26,28,32,36-37H,3-5,8-9,14-17H2,1-2H3,(H,31,34)(H,33,38)/t24-,25-,26-,28+/m0/s1. The zero-order chi connectivity index (χ0) is 27.5. The number of nitrogens with zero attached hydrogens (tertiary/aromatic N) is 2. The van der Waals surface area contributed by atoms with Crippen LogP contribution >= 0.6 is 0 Å². The van der Waals surface area contributed by atoms with Crippen LogP contribution in [-0.4, -0.2) is 66.4 Å². The zero-order valence-corrected chi connectivity index (χ0v) is 22.9. The average Bonchev–Trinajstić information content (AvgIpc) is 3.64. The first-order chi connectivity index (χ1) is 18.8. The van der Waals surface area contributed by atoms with Gasteiger partial charge in [-0.1, -0.05) is 64.2 Å². The molecule has 0 bridgehead atoms. The molecule has 1 saturated carbocycles. The van der Waals surface area contributed by atoms with Gasteiger partial charge in [-0.2, -0.15) is 5.10 Å². The second kappa shape index (κ2) is 11.9. The van der Waals surface area contributed by atoms with E-state index < -0.39 is 24.3 Å². The lowest BCUT2D eigenvalue weighted by Crippen LogP contribution is -2.56. The summed E-state index contributed by atoms with van der Waals surface area (Å²) in [5, 5.41) is 33.1. The minimum atomic E-state index is -1.09. The van der Waals surface area contributed by atoms with Crippen LogP contribution in [-0.2, 0) is 17.8 Å². The van der Waals surface area contributed by atoms with Crippen molar-refractivity contribution in [2.45, 2.75) is 96.1 Å². The molecule has 1 aromatic carbocycles. The first-order valence-corrected chi connectivity index (χ1v) is 14.4. The van der Waals surface area contributed by atoms with Crippen LogP contribution in [0.25, 0.3) is 10.9 Å². The van der Waals surface area contributed by atoms with E-state index in [9.17, 15) is 19.8 Å². The van der Waals surface area contributed by atoms with E-state index in [0.717, 1.165) is 42.1 Å². The molecule has 3 heterocycles. The molecule has 1 aliphatic carbocycles. The Kier molecular flexibility index (Phi) is 8.37. The van der Waals surface area contributed by atoms with Crippen LogP contribution in [0.2, 0.25) is 0 Å². The van der Waals surface area contributed by atoms with Crippen LogP contribution in [0.15, 0.2) is 36.5 Å². The monoisotopic (exact) mass is 535 g/mol. The molecule has 1 aliphatic heterocycles. The maximum absolute atomic E-state index is 14.0. The fourth-order valence-corrected chi connectivity index (χ4v) is 6.37. The van der Waals surface area contributed by atoms with Crippen molar-refractivity contribution in [2.24, 2.45) is 11.8 Å². The molecule has 39 heavy (non-hydrogen) atoms. The van der Waals surface area contributed by atoms with Crippen molar-refractivity contribution in [1.82, 2.24) is 25.4 Å². The van der Waals surface area contributed by atoms with Crippen molar-refractivity contribution >= 4 is 22.7 Å². The lowest BCUT2D eigenvalue weighted by atomic mass is 9.82. The Morgan fingerprint density at radius 1 is 1.15 bits per heavy atom. The van der Waals surface area contributed by atoms with Crippen molar-refractivity contribution < 1.29 is 19.8 Å². The van der Waals surface area contributed by atoms with E-state index in [1.165, 1.54) is 6.42 Å². The van der Waals surface area contributed by atoms with Gasteiger partial charge in [0.2, 0.25) is 5.91 Å². The van der Waals surface area contributed by atoms with E-state index in [4.69, 9.17) is 0 Å². The van der Waals surface area contributed by atoms with E-state index in [-0.39, 0.29) is 24.2 Å². The topological polar surface area (TPSA) is 134 Å². The van der Waals surface area contributed by atoms with Crippen LogP contribution in [0.5, 0.6) is 0 Å². The number of para-hydroxylation sites is 1. The van der Waals surface area contributed by atoms with Gasteiger partial charge in [0.1, 0.15) is 17.8 Å². The predicted octanol–water partition coefficient (Wildman–Crippen LogP) is 3.68. The minimum absolute atomic E-state index is 0.208. The number of rotatable bonds is 11. The molecule has 2 aromatic heterocycles. The number of carbonyl (C=O) groups excluding carboxylic acids is 2. The molecule has 9 nitrogen and oxygen atoms in total. The van der Waals surface area contributed by atoms with Gasteiger partial charge >= 0.3 is 0 Å². The van der Waals surface area contributed by atoms with Crippen molar-refractivity contribution in [3.05, 3.63) is 53.5 Å². The Hall–Kier alpha value is -3.17. The Morgan fingerprint density at radius 3 is 2.64 bits per heavy atom. The number of benzene rings is 1. The molecular formula is C30H41N5O4. The molecule has 2 aliphatic rings. The molecule has 2 amide bonds. The third-order valence-corrected chi connectivity index (χ3v) is 8.42. The van der Waals surface area contributed by atoms with E-state index in [2.05, 4.69) is 20.5 Å². The SMILES string of the molecule is CC(C)C[C@H](O)[C@H](O)[C@H](CC1CCCCC1)NC(=O)[C@H](Cc1cc[nH]n1)N1Cc2c([nH]c3ccccc23)C1=O. The van der Waals surface area contributed by atoms with Gasteiger partial charge in [-0.25, -0.2) is 0 Å². The zero-order valence-electron chi connectivity index (χ0n) is 22.9. The summed E-state index contributed by atoms with van der Waals surface area (Å²) in [5.74, 6) is 0.0343. The lowest BCUT2D eigenvalue weighted by Gasteiger charge is -2.35. The molecule has 210 valence electrons. The fourth-order valence-electron chi connectivity index (χ4n) is 6.37. The number of aliphatic hydroxyl groups excluding tert-OH is 2. The van der Waals surface area contributed by atoms with Gasteiger partial charge in [-0.3, -0.25) is 14.7 Å². The summed E-state index contributed by atoms with van der Waals surface area (Å²) in [6, 6.07) is 8.18. The van der Waals surface area contributed by atoms with Crippen molar-refractivity contribution in [3.8, 4) is 0 Å². The number of hydrogen-bond donors (Lipinski definition) is 5. The van der Waals surface area contributed by atoms with Gasteiger partial charge in [0.25, 0.3) is 5.91 Å². The molecule has 0 saturated heterocycles. The van der Waals surface area contributed by atoms with Gasteiger partial charge in [0.15, 0.2) is 0 Å². The second-order valence-electron chi connectivity index (χ2n) is 11.8. The molecule has 1 fully saturated rings. The number of nitrogens with one attached hydrogen (secondary N) is 3. The summed E-state index contributed by atoms with van der Waals surface area (Å²) in [4.78, 5) is 32.4. The van der Waals surface area contributed by atoms with Crippen molar-refractivity contribution in [3.63, 3.8) is 0 Å². The summed E-state index contributed by atoms with van der Waals surface area (Å²) >= 11 is 0. The van der Waals surface area contributed by atoms with E-state index in [0.29, 0.717) is 36.7 Å². The summed E-state index contributed by atoms with van der Waals surface area (Å²) in [6.07, 6.45) is 6.58. The van der Waals surface area contributed by atoms with Gasteiger partial charge < -0.3 is 25.4 Å². The first-order valence-electron chi connectivity index (χ1n) is 14.4. The van der Waals surface area contributed by atoms with Gasteiger partial charge in [-0.15, -0.1) is 0 Å². The highest BCUT2D eigenvalue weighted by Crippen LogP contribution is 2.33. The van der Waals surface area contributed by atoms with E-state index in [1.807, 2.05) is 38.1 Å². The molecule has 3 aromatic rings. The molecular weight excluding hydrogens is 494 g/mol. The van der Waals surface area contributed by atoms with Crippen LogP contribution in [0.1, 0.15) is 80.5 Å². The highest BCUT2D eigenvalue weighted by molar-refractivity contribution is 6.05. The fraction of sp³-hybridized carbons (Fsp3) is 0.567.